The molecule has 0 amide bonds. The minimum Gasteiger partial charge on any atom is -0.336 e. The summed E-state index contributed by atoms with van der Waals surface area (Å²) in [4.78, 5) is 11.2. The van der Waals surface area contributed by atoms with Gasteiger partial charge in [0, 0.05) is 7.05 Å². The van der Waals surface area contributed by atoms with Gasteiger partial charge in [-0.3, -0.25) is 4.79 Å². The van der Waals surface area contributed by atoms with Crippen molar-refractivity contribution >= 4 is 33.3 Å². The summed E-state index contributed by atoms with van der Waals surface area (Å²) in [7, 11) is 1.83. The molecule has 1 rings (SSSR count). The Morgan fingerprint density at radius 2 is 2.23 bits per heavy atom. The molecule has 0 aliphatic rings. The summed E-state index contributed by atoms with van der Waals surface area (Å²) in [6.07, 6.45) is 0. The van der Waals surface area contributed by atoms with Crippen molar-refractivity contribution in [2.45, 2.75) is 14.4 Å². The third-order valence-electron chi connectivity index (χ3n) is 1.74. The predicted octanol–water partition coefficient (Wildman–Crippen LogP) is 3.15. The van der Waals surface area contributed by atoms with E-state index in [0.29, 0.717) is 5.69 Å². The molecule has 1 aromatic heterocycles. The second-order valence-corrected chi connectivity index (χ2v) is 3.64. The van der Waals surface area contributed by atoms with Crippen LogP contribution in [-0.4, -0.2) is 16.2 Å². The number of nitrogens with zero attached hydrogens (tertiary/aromatic N) is 1. The van der Waals surface area contributed by atoms with Crippen LogP contribution in [0.2, 0.25) is 0 Å². The maximum absolute atomic E-state index is 11.2. The van der Waals surface area contributed by atoms with Gasteiger partial charge >= 0.3 is 0 Å². The molecule has 4 heteroatoms. The van der Waals surface area contributed by atoms with Crippen molar-refractivity contribution in [3.8, 4) is 0 Å². The number of aryl methyl sites for hydroxylation is 1. The van der Waals surface area contributed by atoms with Gasteiger partial charge in [-0.2, -0.15) is 0 Å². The predicted molar refractivity (Wildman–Crippen MR) is 59.6 cm³/mol. The fraction of sp³-hybridized carbons (Fsp3) is 0.444. The molecule has 13 heavy (non-hydrogen) atoms. The molecule has 74 valence electrons. The van der Waals surface area contributed by atoms with E-state index in [-0.39, 0.29) is 19.1 Å². The van der Waals surface area contributed by atoms with Crippen LogP contribution in [0.15, 0.2) is 10.7 Å². The van der Waals surface area contributed by atoms with Gasteiger partial charge < -0.3 is 4.57 Å². The Balaban J connectivity index is 0.00000144. The first kappa shape index (κ1) is 12.7. The van der Waals surface area contributed by atoms with Crippen LogP contribution in [0.3, 0.4) is 0 Å². The van der Waals surface area contributed by atoms with Crippen LogP contribution < -0.4 is 0 Å². The van der Waals surface area contributed by atoms with Crippen molar-refractivity contribution in [3.05, 3.63) is 21.9 Å². The number of halogens is 2. The van der Waals surface area contributed by atoms with Crippen LogP contribution in [0.1, 0.15) is 23.5 Å². The summed E-state index contributed by atoms with van der Waals surface area (Å²) in [5.41, 5.74) is 1.69. The summed E-state index contributed by atoms with van der Waals surface area (Å²) in [6.45, 7) is 1.94. The fourth-order valence-corrected chi connectivity index (χ4v) is 1.51. The number of alkyl halides is 1. The van der Waals surface area contributed by atoms with E-state index in [9.17, 15) is 4.79 Å². The number of carbonyl (C=O) groups is 1. The van der Waals surface area contributed by atoms with Gasteiger partial charge in [0.15, 0.2) is 5.78 Å². The topological polar surface area (TPSA) is 22.0 Å². The number of carbonyl (C=O) groups excluding carboxylic acids is 1. The summed E-state index contributed by atoms with van der Waals surface area (Å²) in [5, 5.41) is 0. The molecule has 0 N–H and O–H groups in total. The third kappa shape index (κ3) is 2.35. The number of Topliss-reactive ketones (excluding diaryl/α,β-unsaturated/α-hetero) is 1. The summed E-state index contributed by atoms with van der Waals surface area (Å²) in [6, 6.07) is 1.83. The van der Waals surface area contributed by atoms with Crippen molar-refractivity contribution in [3.63, 3.8) is 0 Å². The van der Waals surface area contributed by atoms with Crippen LogP contribution in [0.4, 0.5) is 0 Å². The van der Waals surface area contributed by atoms with Crippen molar-refractivity contribution in [1.29, 1.82) is 0 Å². The number of ketones is 1. The maximum Gasteiger partial charge on any atom is 0.193 e. The van der Waals surface area contributed by atoms with Crippen LogP contribution >= 0.6 is 27.5 Å². The highest BCUT2D eigenvalue weighted by Crippen LogP contribution is 2.20. The highest BCUT2D eigenvalue weighted by atomic mass is 79.9. The SMILES string of the molecule is C.Cc1cc(C(=O)CCl)n(C)c1Br. The third-order valence-corrected chi connectivity index (χ3v) is 3.14. The summed E-state index contributed by atoms with van der Waals surface area (Å²) >= 11 is 8.81. The lowest BCUT2D eigenvalue weighted by molar-refractivity contribution is 0.101. The molecule has 0 unspecified atom stereocenters. The highest BCUT2D eigenvalue weighted by molar-refractivity contribution is 9.10. The first-order valence-electron chi connectivity index (χ1n) is 3.49. The Morgan fingerprint density at radius 3 is 2.54 bits per heavy atom. The molecule has 1 aromatic rings. The number of rotatable bonds is 2. The van der Waals surface area contributed by atoms with Crippen LogP contribution in [0.25, 0.3) is 0 Å². The van der Waals surface area contributed by atoms with Gasteiger partial charge in [-0.1, -0.05) is 7.43 Å². The molecule has 0 radical (unpaired) electrons. The van der Waals surface area contributed by atoms with E-state index in [0.717, 1.165) is 10.2 Å². The number of aromatic nitrogens is 1. The van der Waals surface area contributed by atoms with Gasteiger partial charge in [0.25, 0.3) is 0 Å². The lowest BCUT2D eigenvalue weighted by atomic mass is 10.3. The van der Waals surface area contributed by atoms with Crippen molar-refractivity contribution in [2.75, 3.05) is 5.88 Å². The molecule has 0 atom stereocenters. The van der Waals surface area contributed by atoms with Gasteiger partial charge in [0.2, 0.25) is 0 Å². The van der Waals surface area contributed by atoms with Crippen molar-refractivity contribution in [2.24, 2.45) is 7.05 Å². The van der Waals surface area contributed by atoms with Crippen molar-refractivity contribution < 1.29 is 4.79 Å². The Kier molecular flexibility index (Phi) is 4.71. The fourth-order valence-electron chi connectivity index (χ4n) is 1.07. The second-order valence-electron chi connectivity index (χ2n) is 2.62. The van der Waals surface area contributed by atoms with E-state index in [1.165, 1.54) is 0 Å². The standard InChI is InChI=1S/C8H9BrClNO.CH4/c1-5-3-6(7(12)4-10)11(2)8(5)9;/h3H,4H2,1-2H3;1H4. The molecule has 0 fully saturated rings. The molecule has 2 nitrogen and oxygen atoms in total. The largest absolute Gasteiger partial charge is 0.336 e. The Labute approximate surface area is 92.0 Å². The van der Waals surface area contributed by atoms with Crippen molar-refractivity contribution in [1.82, 2.24) is 4.57 Å². The number of hydrogen-bond donors (Lipinski definition) is 0. The molecular weight excluding hydrogens is 253 g/mol. The Bertz CT molecular complexity index is 320. The molecule has 0 spiro atoms. The highest BCUT2D eigenvalue weighted by Gasteiger charge is 2.12. The molecule has 0 aliphatic carbocycles. The molecule has 0 aromatic carbocycles. The zero-order valence-electron chi connectivity index (χ0n) is 6.90. The van der Waals surface area contributed by atoms with Gasteiger partial charge in [-0.15, -0.1) is 11.6 Å². The van der Waals surface area contributed by atoms with Gasteiger partial charge in [-0.25, -0.2) is 0 Å². The molecule has 0 saturated heterocycles. The van der Waals surface area contributed by atoms with E-state index in [2.05, 4.69) is 15.9 Å². The van der Waals surface area contributed by atoms with Gasteiger partial charge in [0.05, 0.1) is 16.2 Å². The first-order valence-corrected chi connectivity index (χ1v) is 4.81. The van der Waals surface area contributed by atoms with E-state index in [4.69, 9.17) is 11.6 Å². The minimum atomic E-state index is -0.0482. The van der Waals surface area contributed by atoms with E-state index < -0.39 is 0 Å². The first-order chi connectivity index (χ1) is 5.57. The molecule has 0 aliphatic heterocycles. The molecule has 0 saturated carbocycles. The van der Waals surface area contributed by atoms with Crippen LogP contribution in [0, 0.1) is 6.92 Å². The zero-order chi connectivity index (χ0) is 9.30. The Morgan fingerprint density at radius 1 is 1.69 bits per heavy atom. The average Bonchev–Trinajstić information content (AvgIpc) is 2.32. The summed E-state index contributed by atoms with van der Waals surface area (Å²) < 4.78 is 2.72. The lowest BCUT2D eigenvalue weighted by Gasteiger charge is -1.99. The smallest absolute Gasteiger partial charge is 0.193 e. The normalized spacial score (nSPS) is 9.54. The Hall–Kier alpha value is -0.280. The quantitative estimate of drug-likeness (QED) is 0.595. The van der Waals surface area contributed by atoms with E-state index in [1.54, 1.807) is 4.57 Å². The molecule has 1 heterocycles. The lowest BCUT2D eigenvalue weighted by Crippen LogP contribution is -2.06. The maximum atomic E-state index is 11.2. The van der Waals surface area contributed by atoms with Gasteiger partial charge in [0.1, 0.15) is 0 Å². The monoisotopic (exact) mass is 265 g/mol. The minimum absolute atomic E-state index is 0. The van der Waals surface area contributed by atoms with Crippen LogP contribution in [0.5, 0.6) is 0 Å². The van der Waals surface area contributed by atoms with Gasteiger partial charge in [-0.05, 0) is 34.5 Å². The zero-order valence-corrected chi connectivity index (χ0v) is 9.24. The number of hydrogen-bond acceptors (Lipinski definition) is 1. The van der Waals surface area contributed by atoms with E-state index >= 15 is 0 Å². The molecular formula is C9H13BrClNO. The van der Waals surface area contributed by atoms with Crippen LogP contribution in [-0.2, 0) is 7.05 Å². The average molecular weight is 267 g/mol. The van der Waals surface area contributed by atoms with E-state index in [1.807, 2.05) is 20.0 Å². The summed E-state index contributed by atoms with van der Waals surface area (Å²) in [5.74, 6) is -0.0167. The molecule has 0 bridgehead atoms. The second kappa shape index (κ2) is 4.82.